The minimum atomic E-state index is -0.00887. The van der Waals surface area contributed by atoms with Crippen molar-refractivity contribution in [3.8, 4) is 0 Å². The van der Waals surface area contributed by atoms with Gasteiger partial charge in [0.05, 0.1) is 6.10 Å². The zero-order valence-electron chi connectivity index (χ0n) is 13.4. The first-order valence-electron chi connectivity index (χ1n) is 8.52. The van der Waals surface area contributed by atoms with Crippen molar-refractivity contribution in [3.05, 3.63) is 0 Å². The summed E-state index contributed by atoms with van der Waals surface area (Å²) < 4.78 is 5.81. The summed E-state index contributed by atoms with van der Waals surface area (Å²) in [4.78, 5) is 14.4. The molecule has 0 heterocycles. The van der Waals surface area contributed by atoms with E-state index in [4.69, 9.17) is 4.74 Å². The van der Waals surface area contributed by atoms with Gasteiger partial charge in [-0.1, -0.05) is 6.42 Å². The molecule has 0 bridgehead atoms. The maximum absolute atomic E-state index is 12.0. The molecule has 0 aromatic heterocycles. The second-order valence-electron chi connectivity index (χ2n) is 6.93. The van der Waals surface area contributed by atoms with E-state index in [9.17, 15) is 4.79 Å². The van der Waals surface area contributed by atoms with Gasteiger partial charge in [-0.3, -0.25) is 0 Å². The zero-order chi connectivity index (χ0) is 14.9. The van der Waals surface area contributed by atoms with Crippen molar-refractivity contribution in [1.82, 2.24) is 15.5 Å². The average molecular weight is 295 g/mol. The SMILES string of the molecule is CCOC1CC(NC(=O)NCCN(C)C2CC2)C12CCC2. The molecule has 0 saturated heterocycles. The van der Waals surface area contributed by atoms with Gasteiger partial charge in [-0.05, 0) is 46.1 Å². The van der Waals surface area contributed by atoms with Crippen LogP contribution in [0.2, 0.25) is 0 Å². The number of urea groups is 1. The fraction of sp³-hybridized carbons (Fsp3) is 0.938. The van der Waals surface area contributed by atoms with E-state index in [-0.39, 0.29) is 11.4 Å². The van der Waals surface area contributed by atoms with Gasteiger partial charge in [-0.15, -0.1) is 0 Å². The lowest BCUT2D eigenvalue weighted by Crippen LogP contribution is -2.68. The van der Waals surface area contributed by atoms with Crippen LogP contribution in [0.4, 0.5) is 4.79 Å². The summed E-state index contributed by atoms with van der Waals surface area (Å²) in [6, 6.07) is 1.06. The Labute approximate surface area is 127 Å². The molecule has 0 aromatic rings. The topological polar surface area (TPSA) is 53.6 Å². The molecule has 2 amide bonds. The smallest absolute Gasteiger partial charge is 0.315 e. The molecule has 2 atom stereocenters. The van der Waals surface area contributed by atoms with Gasteiger partial charge in [0, 0.05) is 37.2 Å². The van der Waals surface area contributed by atoms with Gasteiger partial charge >= 0.3 is 6.03 Å². The van der Waals surface area contributed by atoms with Crippen molar-refractivity contribution in [2.45, 2.75) is 63.6 Å². The molecule has 0 radical (unpaired) electrons. The van der Waals surface area contributed by atoms with Crippen LogP contribution in [0.3, 0.4) is 0 Å². The number of carbonyl (C=O) groups is 1. The molecule has 3 rings (SSSR count). The number of nitrogens with one attached hydrogen (secondary N) is 2. The highest BCUT2D eigenvalue weighted by Crippen LogP contribution is 2.57. The quantitative estimate of drug-likeness (QED) is 0.752. The molecular formula is C16H29N3O2. The number of hydrogen-bond acceptors (Lipinski definition) is 3. The van der Waals surface area contributed by atoms with E-state index in [2.05, 4.69) is 29.5 Å². The Bertz CT molecular complexity index is 380. The summed E-state index contributed by atoms with van der Waals surface area (Å²) in [5.41, 5.74) is 0.248. The predicted molar refractivity (Wildman–Crippen MR) is 82.3 cm³/mol. The number of nitrogens with zero attached hydrogens (tertiary/aromatic N) is 1. The van der Waals surface area contributed by atoms with Crippen molar-refractivity contribution in [2.24, 2.45) is 5.41 Å². The normalized spacial score (nSPS) is 29.9. The third kappa shape index (κ3) is 3.04. The maximum Gasteiger partial charge on any atom is 0.315 e. The molecule has 120 valence electrons. The summed E-state index contributed by atoms with van der Waals surface area (Å²) in [6.07, 6.45) is 7.64. The van der Waals surface area contributed by atoms with Crippen LogP contribution in [-0.2, 0) is 4.74 Å². The van der Waals surface area contributed by atoms with Crippen LogP contribution < -0.4 is 10.6 Å². The number of hydrogen-bond donors (Lipinski definition) is 2. The van der Waals surface area contributed by atoms with Gasteiger partial charge < -0.3 is 20.3 Å². The highest BCUT2D eigenvalue weighted by Gasteiger charge is 2.59. The van der Waals surface area contributed by atoms with Crippen LogP contribution in [0, 0.1) is 5.41 Å². The average Bonchev–Trinajstić information content (AvgIpc) is 3.19. The van der Waals surface area contributed by atoms with E-state index in [1.54, 1.807) is 0 Å². The van der Waals surface area contributed by atoms with Gasteiger partial charge in [0.25, 0.3) is 0 Å². The van der Waals surface area contributed by atoms with Gasteiger partial charge in [0.15, 0.2) is 0 Å². The Morgan fingerprint density at radius 2 is 2.14 bits per heavy atom. The molecule has 5 heteroatoms. The lowest BCUT2D eigenvalue weighted by atomic mass is 9.51. The number of carbonyl (C=O) groups excluding carboxylic acids is 1. The monoisotopic (exact) mass is 295 g/mol. The van der Waals surface area contributed by atoms with Crippen molar-refractivity contribution >= 4 is 6.03 Å². The second-order valence-corrected chi connectivity index (χ2v) is 6.93. The maximum atomic E-state index is 12.0. The summed E-state index contributed by atoms with van der Waals surface area (Å²) in [5, 5.41) is 6.16. The van der Waals surface area contributed by atoms with Gasteiger partial charge in [0.1, 0.15) is 0 Å². The minimum absolute atomic E-state index is 0.00887. The van der Waals surface area contributed by atoms with Crippen molar-refractivity contribution < 1.29 is 9.53 Å². The predicted octanol–water partition coefficient (Wildman–Crippen LogP) is 1.73. The molecular weight excluding hydrogens is 266 g/mol. The molecule has 0 aliphatic heterocycles. The highest BCUT2D eigenvalue weighted by molar-refractivity contribution is 5.74. The summed E-state index contributed by atoms with van der Waals surface area (Å²) >= 11 is 0. The van der Waals surface area contributed by atoms with E-state index in [1.807, 2.05) is 0 Å². The largest absolute Gasteiger partial charge is 0.378 e. The molecule has 3 fully saturated rings. The van der Waals surface area contributed by atoms with E-state index in [0.29, 0.717) is 12.1 Å². The fourth-order valence-electron chi connectivity index (χ4n) is 3.89. The lowest BCUT2D eigenvalue weighted by Gasteiger charge is -2.60. The van der Waals surface area contributed by atoms with Crippen molar-refractivity contribution in [3.63, 3.8) is 0 Å². The lowest BCUT2D eigenvalue weighted by molar-refractivity contribution is -0.169. The molecule has 5 nitrogen and oxygen atoms in total. The molecule has 2 unspecified atom stereocenters. The third-order valence-corrected chi connectivity index (χ3v) is 5.66. The molecule has 1 spiro atoms. The number of ether oxygens (including phenoxy) is 1. The standard InChI is InChI=1S/C16H29N3O2/c1-3-21-14-11-13(16(14)7-4-8-16)18-15(20)17-9-10-19(2)12-5-6-12/h12-14H,3-11H2,1-2H3,(H2,17,18,20). The number of likely N-dealkylation sites (N-methyl/N-ethyl adjacent to an activating group) is 1. The van der Waals surface area contributed by atoms with Crippen molar-refractivity contribution in [2.75, 3.05) is 26.7 Å². The fourth-order valence-corrected chi connectivity index (χ4v) is 3.89. The molecule has 21 heavy (non-hydrogen) atoms. The van der Waals surface area contributed by atoms with Crippen LogP contribution in [0.25, 0.3) is 0 Å². The minimum Gasteiger partial charge on any atom is -0.378 e. The summed E-state index contributed by atoms with van der Waals surface area (Å²) in [6.45, 7) is 4.50. The first-order valence-corrected chi connectivity index (χ1v) is 8.52. The Morgan fingerprint density at radius 1 is 1.38 bits per heavy atom. The molecule has 3 aliphatic rings. The molecule has 3 aliphatic carbocycles. The van der Waals surface area contributed by atoms with Gasteiger partial charge in [0.2, 0.25) is 0 Å². The third-order valence-electron chi connectivity index (χ3n) is 5.66. The number of rotatable bonds is 7. The van der Waals surface area contributed by atoms with Gasteiger partial charge in [-0.25, -0.2) is 4.79 Å². The summed E-state index contributed by atoms with van der Waals surface area (Å²) in [5.74, 6) is 0. The zero-order valence-corrected chi connectivity index (χ0v) is 13.4. The highest BCUT2D eigenvalue weighted by atomic mass is 16.5. The molecule has 2 N–H and O–H groups in total. The van der Waals surface area contributed by atoms with E-state index in [1.165, 1.54) is 32.1 Å². The van der Waals surface area contributed by atoms with Crippen LogP contribution in [-0.4, -0.2) is 55.9 Å². The van der Waals surface area contributed by atoms with Crippen LogP contribution in [0.1, 0.15) is 45.4 Å². The van der Waals surface area contributed by atoms with E-state index < -0.39 is 0 Å². The van der Waals surface area contributed by atoms with Crippen molar-refractivity contribution in [1.29, 1.82) is 0 Å². The number of amides is 2. The van der Waals surface area contributed by atoms with Crippen LogP contribution in [0.15, 0.2) is 0 Å². The van der Waals surface area contributed by atoms with Gasteiger partial charge in [-0.2, -0.15) is 0 Å². The second kappa shape index (κ2) is 6.13. The summed E-state index contributed by atoms with van der Waals surface area (Å²) in [7, 11) is 2.14. The van der Waals surface area contributed by atoms with Crippen LogP contribution in [0.5, 0.6) is 0 Å². The first-order chi connectivity index (χ1) is 10.2. The molecule has 3 saturated carbocycles. The Hall–Kier alpha value is -0.810. The van der Waals surface area contributed by atoms with E-state index >= 15 is 0 Å². The Morgan fingerprint density at radius 3 is 2.71 bits per heavy atom. The van der Waals surface area contributed by atoms with Crippen LogP contribution >= 0.6 is 0 Å². The van der Waals surface area contributed by atoms with E-state index in [0.717, 1.165) is 32.2 Å². The first kappa shape index (κ1) is 15.1. The molecule has 0 aromatic carbocycles. The Balaban J connectivity index is 1.37. The Kier molecular flexibility index (Phi) is 4.41.